The molecule has 100 valence electrons. The molecule has 2 aliphatic heterocycles. The summed E-state index contributed by atoms with van der Waals surface area (Å²) in [6.45, 7) is 0.829. The lowest BCUT2D eigenvalue weighted by Gasteiger charge is -2.42. The third kappa shape index (κ3) is 2.67. The van der Waals surface area contributed by atoms with Crippen LogP contribution in [0.3, 0.4) is 0 Å². The Morgan fingerprint density at radius 1 is 1.50 bits per heavy atom. The SMILES string of the molecule is Cn1cc(OC2CCOC3(CCSCC3)C2)cn1. The highest BCUT2D eigenvalue weighted by atomic mass is 32.2. The second kappa shape index (κ2) is 5.13. The average Bonchev–Trinajstić information content (AvgIpc) is 2.76. The Hall–Kier alpha value is -0.680. The van der Waals surface area contributed by atoms with Gasteiger partial charge in [0.2, 0.25) is 0 Å². The van der Waals surface area contributed by atoms with E-state index in [1.54, 1.807) is 10.9 Å². The van der Waals surface area contributed by atoms with Gasteiger partial charge in [0.05, 0.1) is 24.6 Å². The highest BCUT2D eigenvalue weighted by Crippen LogP contribution is 2.38. The zero-order valence-corrected chi connectivity index (χ0v) is 11.6. The molecule has 5 heteroatoms. The normalized spacial score (nSPS) is 27.3. The second-order valence-electron chi connectivity index (χ2n) is 5.23. The Balaban J connectivity index is 1.63. The molecule has 2 fully saturated rings. The third-order valence-electron chi connectivity index (χ3n) is 3.84. The minimum Gasteiger partial charge on any atom is -0.487 e. The van der Waals surface area contributed by atoms with Crippen LogP contribution in [0.5, 0.6) is 5.75 Å². The molecule has 1 unspecified atom stereocenters. The molecular formula is C13H20N2O2S. The molecule has 1 aromatic heterocycles. The number of nitrogens with zero attached hydrogens (tertiary/aromatic N) is 2. The van der Waals surface area contributed by atoms with E-state index in [4.69, 9.17) is 9.47 Å². The molecule has 1 aromatic rings. The maximum atomic E-state index is 6.07. The first kappa shape index (κ1) is 12.4. The summed E-state index contributed by atoms with van der Waals surface area (Å²) >= 11 is 2.04. The lowest BCUT2D eigenvalue weighted by Crippen LogP contribution is -2.46. The molecule has 0 aliphatic carbocycles. The van der Waals surface area contributed by atoms with Gasteiger partial charge in [0, 0.05) is 19.9 Å². The van der Waals surface area contributed by atoms with Gasteiger partial charge in [0.1, 0.15) is 6.10 Å². The van der Waals surface area contributed by atoms with E-state index in [0.717, 1.165) is 25.2 Å². The third-order valence-corrected chi connectivity index (χ3v) is 4.82. The molecule has 3 rings (SSSR count). The monoisotopic (exact) mass is 268 g/mol. The quantitative estimate of drug-likeness (QED) is 0.824. The van der Waals surface area contributed by atoms with Crippen molar-refractivity contribution < 1.29 is 9.47 Å². The number of ether oxygens (including phenoxy) is 2. The number of thioether (sulfide) groups is 1. The van der Waals surface area contributed by atoms with E-state index in [-0.39, 0.29) is 11.7 Å². The second-order valence-corrected chi connectivity index (χ2v) is 6.45. The number of hydrogen-bond acceptors (Lipinski definition) is 4. The lowest BCUT2D eigenvalue weighted by atomic mass is 9.86. The van der Waals surface area contributed by atoms with Gasteiger partial charge < -0.3 is 9.47 Å². The van der Waals surface area contributed by atoms with Crippen molar-refractivity contribution in [3.8, 4) is 5.75 Å². The number of rotatable bonds is 2. The largest absolute Gasteiger partial charge is 0.487 e. The summed E-state index contributed by atoms with van der Waals surface area (Å²) in [6, 6.07) is 0. The zero-order valence-electron chi connectivity index (χ0n) is 10.8. The van der Waals surface area contributed by atoms with Gasteiger partial charge in [-0.05, 0) is 24.3 Å². The molecule has 1 atom stereocenters. The van der Waals surface area contributed by atoms with Crippen molar-refractivity contribution >= 4 is 11.8 Å². The summed E-state index contributed by atoms with van der Waals surface area (Å²) in [5.41, 5.74) is 0.0936. The zero-order chi connectivity index (χ0) is 12.4. The van der Waals surface area contributed by atoms with E-state index < -0.39 is 0 Å². The Kier molecular flexibility index (Phi) is 3.52. The molecule has 2 saturated heterocycles. The molecule has 3 heterocycles. The summed E-state index contributed by atoms with van der Waals surface area (Å²) in [7, 11) is 1.91. The maximum Gasteiger partial charge on any atom is 0.157 e. The standard InChI is InChI=1S/C13H20N2O2S/c1-15-10-12(9-14-15)17-11-2-5-16-13(8-11)3-6-18-7-4-13/h9-11H,2-8H2,1H3. The van der Waals surface area contributed by atoms with Crippen molar-refractivity contribution in [3.63, 3.8) is 0 Å². The van der Waals surface area contributed by atoms with Crippen LogP contribution in [0.1, 0.15) is 25.7 Å². The summed E-state index contributed by atoms with van der Waals surface area (Å²) in [5.74, 6) is 3.32. The maximum absolute atomic E-state index is 6.07. The summed E-state index contributed by atoms with van der Waals surface area (Å²) in [5, 5.41) is 4.14. The molecule has 0 saturated carbocycles. The predicted octanol–water partition coefficient (Wildman–Crippen LogP) is 2.24. The van der Waals surface area contributed by atoms with E-state index in [1.165, 1.54) is 24.3 Å². The van der Waals surface area contributed by atoms with Crippen LogP contribution in [0.15, 0.2) is 12.4 Å². The van der Waals surface area contributed by atoms with Crippen molar-refractivity contribution in [1.82, 2.24) is 9.78 Å². The Bertz CT molecular complexity index is 396. The summed E-state index contributed by atoms with van der Waals surface area (Å²) in [4.78, 5) is 0. The van der Waals surface area contributed by atoms with Gasteiger partial charge >= 0.3 is 0 Å². The van der Waals surface area contributed by atoms with Gasteiger partial charge in [-0.3, -0.25) is 4.68 Å². The van der Waals surface area contributed by atoms with Crippen LogP contribution in [-0.4, -0.2) is 39.6 Å². The number of aromatic nitrogens is 2. The van der Waals surface area contributed by atoms with Crippen molar-refractivity contribution in [2.45, 2.75) is 37.4 Å². The lowest BCUT2D eigenvalue weighted by molar-refractivity contribution is -0.116. The molecule has 4 nitrogen and oxygen atoms in total. The van der Waals surface area contributed by atoms with Gasteiger partial charge in [-0.25, -0.2) is 0 Å². The fourth-order valence-corrected chi connectivity index (χ4v) is 4.06. The van der Waals surface area contributed by atoms with Crippen molar-refractivity contribution in [2.75, 3.05) is 18.1 Å². The Labute approximate surface area is 112 Å². The molecule has 0 radical (unpaired) electrons. The molecule has 0 bridgehead atoms. The first-order valence-electron chi connectivity index (χ1n) is 6.63. The molecular weight excluding hydrogens is 248 g/mol. The van der Waals surface area contributed by atoms with E-state index in [1.807, 2.05) is 25.0 Å². The first-order valence-corrected chi connectivity index (χ1v) is 7.78. The Morgan fingerprint density at radius 2 is 2.33 bits per heavy atom. The van der Waals surface area contributed by atoms with Crippen LogP contribution in [0.25, 0.3) is 0 Å². The minimum absolute atomic E-state index is 0.0936. The van der Waals surface area contributed by atoms with Gasteiger partial charge in [0.25, 0.3) is 0 Å². The number of aryl methyl sites for hydroxylation is 1. The highest BCUT2D eigenvalue weighted by Gasteiger charge is 2.39. The topological polar surface area (TPSA) is 36.3 Å². The van der Waals surface area contributed by atoms with Gasteiger partial charge in [-0.15, -0.1) is 0 Å². The molecule has 0 aromatic carbocycles. The fourth-order valence-electron chi connectivity index (χ4n) is 2.83. The van der Waals surface area contributed by atoms with Crippen LogP contribution in [0.4, 0.5) is 0 Å². The van der Waals surface area contributed by atoms with Crippen LogP contribution in [0, 0.1) is 0 Å². The molecule has 2 aliphatic rings. The van der Waals surface area contributed by atoms with Crippen molar-refractivity contribution in [2.24, 2.45) is 7.05 Å². The minimum atomic E-state index is 0.0936. The van der Waals surface area contributed by atoms with E-state index in [2.05, 4.69) is 5.10 Å². The van der Waals surface area contributed by atoms with E-state index >= 15 is 0 Å². The molecule has 18 heavy (non-hydrogen) atoms. The summed E-state index contributed by atoms with van der Waals surface area (Å²) < 4.78 is 13.9. The fraction of sp³-hybridized carbons (Fsp3) is 0.769. The van der Waals surface area contributed by atoms with Crippen LogP contribution >= 0.6 is 11.8 Å². The summed E-state index contributed by atoms with van der Waals surface area (Å²) in [6.07, 6.45) is 8.37. The predicted molar refractivity (Wildman–Crippen MR) is 72.1 cm³/mol. The van der Waals surface area contributed by atoms with Crippen LogP contribution in [0.2, 0.25) is 0 Å². The Morgan fingerprint density at radius 3 is 3.06 bits per heavy atom. The first-order chi connectivity index (χ1) is 8.76. The smallest absolute Gasteiger partial charge is 0.157 e. The van der Waals surface area contributed by atoms with E-state index in [0.29, 0.717) is 0 Å². The number of hydrogen-bond donors (Lipinski definition) is 0. The van der Waals surface area contributed by atoms with Crippen molar-refractivity contribution in [1.29, 1.82) is 0 Å². The van der Waals surface area contributed by atoms with Crippen LogP contribution < -0.4 is 4.74 Å². The molecule has 1 spiro atoms. The van der Waals surface area contributed by atoms with Gasteiger partial charge in [-0.2, -0.15) is 16.9 Å². The molecule has 0 amide bonds. The van der Waals surface area contributed by atoms with Crippen LogP contribution in [-0.2, 0) is 11.8 Å². The highest BCUT2D eigenvalue weighted by molar-refractivity contribution is 7.99. The van der Waals surface area contributed by atoms with Crippen molar-refractivity contribution in [3.05, 3.63) is 12.4 Å². The molecule has 0 N–H and O–H groups in total. The van der Waals surface area contributed by atoms with E-state index in [9.17, 15) is 0 Å². The van der Waals surface area contributed by atoms with Gasteiger partial charge in [-0.1, -0.05) is 0 Å². The van der Waals surface area contributed by atoms with Gasteiger partial charge in [0.15, 0.2) is 5.75 Å². The average molecular weight is 268 g/mol.